The third-order valence-corrected chi connectivity index (χ3v) is 5.18. The largest absolute Gasteiger partial charge is 0.467 e. The van der Waals surface area contributed by atoms with Gasteiger partial charge in [-0.3, -0.25) is 18.7 Å². The van der Waals surface area contributed by atoms with Crippen LogP contribution in [0.5, 0.6) is 0 Å². The summed E-state index contributed by atoms with van der Waals surface area (Å²) in [6, 6.07) is 18.3. The Hall–Kier alpha value is -3.87. The average Bonchev–Trinajstić information content (AvgIpc) is 3.29. The average molecular weight is 417 g/mol. The molecule has 2 aromatic carbocycles. The number of furan rings is 1. The summed E-state index contributed by atoms with van der Waals surface area (Å²) in [5, 5.41) is 3.15. The van der Waals surface area contributed by atoms with Gasteiger partial charge in [0.15, 0.2) is 0 Å². The first-order valence-electron chi connectivity index (χ1n) is 10.1. The van der Waals surface area contributed by atoms with Crippen LogP contribution in [0.15, 0.2) is 80.9 Å². The molecule has 4 rings (SSSR count). The maximum atomic E-state index is 13.2. The molecule has 0 aliphatic rings. The van der Waals surface area contributed by atoms with Crippen molar-refractivity contribution in [3.8, 4) is 0 Å². The van der Waals surface area contributed by atoms with Gasteiger partial charge < -0.3 is 9.73 Å². The maximum absolute atomic E-state index is 13.2. The molecule has 0 saturated heterocycles. The first kappa shape index (κ1) is 20.4. The van der Waals surface area contributed by atoms with Crippen LogP contribution in [0.2, 0.25) is 0 Å². The summed E-state index contributed by atoms with van der Waals surface area (Å²) < 4.78 is 7.78. The molecule has 0 bridgehead atoms. The molecule has 1 N–H and O–H groups in total. The van der Waals surface area contributed by atoms with Gasteiger partial charge in [-0.2, -0.15) is 0 Å². The lowest BCUT2D eigenvalue weighted by Crippen LogP contribution is -2.42. The number of carbonyl (C=O) groups excluding carboxylic acids is 1. The van der Waals surface area contributed by atoms with Crippen LogP contribution in [0, 0.1) is 6.92 Å². The molecule has 4 aromatic rings. The molecule has 7 nitrogen and oxygen atoms in total. The van der Waals surface area contributed by atoms with E-state index in [1.54, 1.807) is 36.4 Å². The van der Waals surface area contributed by atoms with Crippen molar-refractivity contribution in [3.63, 3.8) is 0 Å². The molecule has 0 fully saturated rings. The SMILES string of the molecule is Cc1cccc(CCn2c(=O)c3ccccc3n(CC(=O)NCc3ccco3)c2=O)c1. The summed E-state index contributed by atoms with van der Waals surface area (Å²) in [6.45, 7) is 2.27. The predicted octanol–water partition coefficient (Wildman–Crippen LogP) is 2.62. The molecule has 0 unspecified atom stereocenters. The number of para-hydroxylation sites is 1. The normalized spacial score (nSPS) is 11.0. The van der Waals surface area contributed by atoms with Gasteiger partial charge in [-0.15, -0.1) is 0 Å². The number of carbonyl (C=O) groups is 1. The van der Waals surface area contributed by atoms with Crippen LogP contribution in [-0.4, -0.2) is 15.0 Å². The number of rotatable bonds is 7. The van der Waals surface area contributed by atoms with Gasteiger partial charge in [0.05, 0.1) is 23.7 Å². The lowest BCUT2D eigenvalue weighted by Gasteiger charge is -2.14. The van der Waals surface area contributed by atoms with E-state index in [9.17, 15) is 14.4 Å². The van der Waals surface area contributed by atoms with E-state index in [2.05, 4.69) is 5.32 Å². The Balaban J connectivity index is 1.64. The monoisotopic (exact) mass is 417 g/mol. The number of hydrogen-bond acceptors (Lipinski definition) is 4. The summed E-state index contributed by atoms with van der Waals surface area (Å²) in [6.07, 6.45) is 2.07. The van der Waals surface area contributed by atoms with Crippen molar-refractivity contribution < 1.29 is 9.21 Å². The first-order valence-corrected chi connectivity index (χ1v) is 10.1. The van der Waals surface area contributed by atoms with E-state index in [-0.39, 0.29) is 31.1 Å². The topological polar surface area (TPSA) is 86.2 Å². The highest BCUT2D eigenvalue weighted by Crippen LogP contribution is 2.09. The second kappa shape index (κ2) is 8.87. The van der Waals surface area contributed by atoms with E-state index in [1.807, 2.05) is 31.2 Å². The fraction of sp³-hybridized carbons (Fsp3) is 0.208. The second-order valence-electron chi connectivity index (χ2n) is 7.44. The molecule has 0 atom stereocenters. The standard InChI is InChI=1S/C24H23N3O4/c1-17-6-4-7-18(14-17)11-12-26-23(29)20-9-2-3-10-21(20)27(24(26)30)16-22(28)25-15-19-8-5-13-31-19/h2-10,13-14H,11-12,15-16H2,1H3,(H,25,28). The van der Waals surface area contributed by atoms with E-state index in [0.717, 1.165) is 11.1 Å². The van der Waals surface area contributed by atoms with Gasteiger partial charge in [0.25, 0.3) is 5.56 Å². The summed E-state index contributed by atoms with van der Waals surface area (Å²) in [5.41, 5.74) is 1.76. The number of hydrogen-bond donors (Lipinski definition) is 1. The van der Waals surface area contributed by atoms with Crippen molar-refractivity contribution in [2.75, 3.05) is 0 Å². The van der Waals surface area contributed by atoms with Gasteiger partial charge in [0, 0.05) is 6.54 Å². The highest BCUT2D eigenvalue weighted by molar-refractivity contribution is 5.81. The minimum atomic E-state index is -0.496. The van der Waals surface area contributed by atoms with Gasteiger partial charge >= 0.3 is 5.69 Å². The minimum absolute atomic E-state index is 0.190. The molecule has 0 aliphatic heterocycles. The number of fused-ring (bicyclic) bond motifs is 1. The van der Waals surface area contributed by atoms with E-state index in [1.165, 1.54) is 15.4 Å². The molecule has 0 saturated carbocycles. The predicted molar refractivity (Wildman–Crippen MR) is 118 cm³/mol. The van der Waals surface area contributed by atoms with Crippen LogP contribution in [-0.2, 0) is 30.8 Å². The Morgan fingerprint density at radius 3 is 2.61 bits per heavy atom. The number of nitrogens with zero attached hydrogens (tertiary/aromatic N) is 2. The molecule has 0 spiro atoms. The first-order chi connectivity index (χ1) is 15.0. The van der Waals surface area contributed by atoms with Crippen molar-refractivity contribution in [1.82, 2.24) is 14.5 Å². The Morgan fingerprint density at radius 2 is 1.84 bits per heavy atom. The van der Waals surface area contributed by atoms with E-state index in [4.69, 9.17) is 4.42 Å². The zero-order valence-corrected chi connectivity index (χ0v) is 17.2. The summed E-state index contributed by atoms with van der Waals surface area (Å²) >= 11 is 0. The fourth-order valence-corrected chi connectivity index (χ4v) is 3.63. The number of benzene rings is 2. The molecule has 2 heterocycles. The highest BCUT2D eigenvalue weighted by atomic mass is 16.3. The van der Waals surface area contributed by atoms with Gasteiger partial charge in [-0.1, -0.05) is 42.0 Å². The quantitative estimate of drug-likeness (QED) is 0.501. The van der Waals surface area contributed by atoms with Gasteiger partial charge in [0.2, 0.25) is 5.91 Å². The van der Waals surface area contributed by atoms with Crippen LogP contribution < -0.4 is 16.6 Å². The highest BCUT2D eigenvalue weighted by Gasteiger charge is 2.15. The lowest BCUT2D eigenvalue weighted by molar-refractivity contribution is -0.121. The van der Waals surface area contributed by atoms with Crippen LogP contribution in [0.3, 0.4) is 0 Å². The molecule has 0 radical (unpaired) electrons. The number of amides is 1. The van der Waals surface area contributed by atoms with Crippen LogP contribution in [0.1, 0.15) is 16.9 Å². The summed E-state index contributed by atoms with van der Waals surface area (Å²) in [4.78, 5) is 38.7. The van der Waals surface area contributed by atoms with E-state index in [0.29, 0.717) is 23.1 Å². The van der Waals surface area contributed by atoms with Crippen LogP contribution in [0.25, 0.3) is 10.9 Å². The van der Waals surface area contributed by atoms with E-state index < -0.39 is 5.69 Å². The molecule has 31 heavy (non-hydrogen) atoms. The van der Waals surface area contributed by atoms with Crippen molar-refractivity contribution in [2.45, 2.75) is 33.0 Å². The van der Waals surface area contributed by atoms with Crippen molar-refractivity contribution >= 4 is 16.8 Å². The van der Waals surface area contributed by atoms with Crippen LogP contribution in [0.4, 0.5) is 0 Å². The Labute approximate surface area is 178 Å². The summed E-state index contributed by atoms with van der Waals surface area (Å²) in [7, 11) is 0. The Kier molecular flexibility index (Phi) is 5.84. The zero-order valence-electron chi connectivity index (χ0n) is 17.2. The van der Waals surface area contributed by atoms with Crippen LogP contribution >= 0.6 is 0 Å². The summed E-state index contributed by atoms with van der Waals surface area (Å²) in [5.74, 6) is 0.279. The number of nitrogens with one attached hydrogen (secondary N) is 1. The second-order valence-corrected chi connectivity index (χ2v) is 7.44. The smallest absolute Gasteiger partial charge is 0.331 e. The molecule has 158 valence electrons. The maximum Gasteiger partial charge on any atom is 0.331 e. The lowest BCUT2D eigenvalue weighted by atomic mass is 10.1. The van der Waals surface area contributed by atoms with Gasteiger partial charge in [0.1, 0.15) is 12.3 Å². The zero-order chi connectivity index (χ0) is 21.8. The Morgan fingerprint density at radius 1 is 1.00 bits per heavy atom. The molecule has 2 aromatic heterocycles. The van der Waals surface area contributed by atoms with Crippen molar-refractivity contribution in [3.05, 3.63) is 105 Å². The minimum Gasteiger partial charge on any atom is -0.467 e. The van der Waals surface area contributed by atoms with Crippen molar-refractivity contribution in [1.29, 1.82) is 0 Å². The fourth-order valence-electron chi connectivity index (χ4n) is 3.63. The molecule has 7 heteroatoms. The third-order valence-electron chi connectivity index (χ3n) is 5.18. The third kappa shape index (κ3) is 4.50. The van der Waals surface area contributed by atoms with Crippen molar-refractivity contribution in [2.24, 2.45) is 0 Å². The number of aryl methyl sites for hydroxylation is 2. The van der Waals surface area contributed by atoms with Gasteiger partial charge in [-0.05, 0) is 43.2 Å². The van der Waals surface area contributed by atoms with E-state index >= 15 is 0 Å². The molecule has 1 amide bonds. The molecule has 0 aliphatic carbocycles. The molecular weight excluding hydrogens is 394 g/mol. The van der Waals surface area contributed by atoms with Gasteiger partial charge in [-0.25, -0.2) is 4.79 Å². The Bertz CT molecular complexity index is 1330. The molecular formula is C24H23N3O4. The number of aromatic nitrogens is 2.